The molecule has 1 aromatic heterocycles. The van der Waals surface area contributed by atoms with Crippen molar-refractivity contribution in [2.24, 2.45) is 0 Å². The first-order chi connectivity index (χ1) is 14.5. The van der Waals surface area contributed by atoms with Crippen molar-refractivity contribution in [1.82, 2.24) is 19.4 Å². The molecule has 0 radical (unpaired) electrons. The van der Waals surface area contributed by atoms with E-state index in [2.05, 4.69) is 10.4 Å². The van der Waals surface area contributed by atoms with Crippen LogP contribution in [0, 0.1) is 0 Å². The maximum absolute atomic E-state index is 12.6. The van der Waals surface area contributed by atoms with Crippen molar-refractivity contribution in [3.05, 3.63) is 78.1 Å². The predicted octanol–water partition coefficient (Wildman–Crippen LogP) is 2.63. The lowest BCUT2D eigenvalue weighted by Crippen LogP contribution is -2.28. The third-order valence-corrected chi connectivity index (χ3v) is 7.09. The minimum atomic E-state index is -3.46. The molecular weight excluding hydrogens is 400 g/mol. The highest BCUT2D eigenvalue weighted by atomic mass is 32.2. The lowest BCUT2D eigenvalue weighted by Gasteiger charge is -2.15. The molecule has 1 fully saturated rings. The molecule has 0 unspecified atom stereocenters. The van der Waals surface area contributed by atoms with Gasteiger partial charge in [-0.25, -0.2) is 13.1 Å². The first-order valence-electron chi connectivity index (χ1n) is 10.0. The van der Waals surface area contributed by atoms with Gasteiger partial charge in [0.05, 0.1) is 16.8 Å². The summed E-state index contributed by atoms with van der Waals surface area (Å²) < 4.78 is 28.4. The van der Waals surface area contributed by atoms with E-state index in [0.717, 1.165) is 24.1 Å². The van der Waals surface area contributed by atoms with Crippen molar-refractivity contribution < 1.29 is 13.2 Å². The Bertz CT molecular complexity index is 1100. The van der Waals surface area contributed by atoms with Gasteiger partial charge in [0.25, 0.3) is 5.91 Å². The number of carbonyl (C=O) groups is 1. The van der Waals surface area contributed by atoms with Crippen molar-refractivity contribution >= 4 is 15.9 Å². The highest BCUT2D eigenvalue weighted by molar-refractivity contribution is 7.89. The van der Waals surface area contributed by atoms with Crippen LogP contribution in [0.5, 0.6) is 0 Å². The monoisotopic (exact) mass is 424 g/mol. The van der Waals surface area contributed by atoms with Crippen LogP contribution >= 0.6 is 0 Å². The van der Waals surface area contributed by atoms with Crippen LogP contribution in [0.25, 0.3) is 5.69 Å². The zero-order chi connectivity index (χ0) is 21.0. The third-order valence-electron chi connectivity index (χ3n) is 5.18. The molecule has 7 nitrogen and oxygen atoms in total. The fraction of sp³-hybridized carbons (Fsp3) is 0.273. The fourth-order valence-corrected chi connectivity index (χ4v) is 5.01. The highest BCUT2D eigenvalue weighted by Crippen LogP contribution is 2.21. The van der Waals surface area contributed by atoms with Crippen LogP contribution in [0.15, 0.2) is 71.9 Å². The first-order valence-corrected chi connectivity index (χ1v) is 11.5. The predicted molar refractivity (Wildman–Crippen MR) is 114 cm³/mol. The molecule has 2 aromatic carbocycles. The summed E-state index contributed by atoms with van der Waals surface area (Å²) in [6, 6.07) is 16.0. The molecule has 30 heavy (non-hydrogen) atoms. The maximum atomic E-state index is 12.6. The summed E-state index contributed by atoms with van der Waals surface area (Å²) in [6.07, 6.45) is 6.17. The Morgan fingerprint density at radius 2 is 1.70 bits per heavy atom. The number of aromatic nitrogens is 2. The average Bonchev–Trinajstić information content (AvgIpc) is 3.47. The van der Waals surface area contributed by atoms with Crippen LogP contribution in [-0.2, 0) is 16.4 Å². The molecule has 4 rings (SSSR count). The largest absolute Gasteiger partial charge is 0.352 e. The van der Waals surface area contributed by atoms with E-state index in [-0.39, 0.29) is 10.8 Å². The van der Waals surface area contributed by atoms with Crippen LogP contribution in [0.1, 0.15) is 28.8 Å². The van der Waals surface area contributed by atoms with Crippen LogP contribution in [0.4, 0.5) is 0 Å². The van der Waals surface area contributed by atoms with Crippen molar-refractivity contribution in [1.29, 1.82) is 0 Å². The molecule has 0 aliphatic carbocycles. The molecule has 8 heteroatoms. The first kappa shape index (κ1) is 20.3. The van der Waals surface area contributed by atoms with Gasteiger partial charge in [-0.05, 0) is 61.2 Å². The Labute approximate surface area is 176 Å². The zero-order valence-corrected chi connectivity index (χ0v) is 17.4. The van der Waals surface area contributed by atoms with E-state index >= 15 is 0 Å². The molecular formula is C22H24N4O3S. The standard InChI is InChI=1S/C22H24N4O3S/c27-22(19-8-10-21(11-9-19)30(28,29)25-14-4-5-15-25)23-13-12-18-16-24-26(17-18)20-6-2-1-3-7-20/h1-3,6-11,16-17H,4-5,12-15H2,(H,23,27). The van der Waals surface area contributed by atoms with E-state index < -0.39 is 10.0 Å². The van der Waals surface area contributed by atoms with Gasteiger partial charge in [0, 0.05) is 31.4 Å². The average molecular weight is 425 g/mol. The second-order valence-electron chi connectivity index (χ2n) is 7.27. The van der Waals surface area contributed by atoms with Gasteiger partial charge in [0.1, 0.15) is 0 Å². The van der Waals surface area contributed by atoms with Crippen LogP contribution < -0.4 is 5.32 Å². The lowest BCUT2D eigenvalue weighted by molar-refractivity contribution is 0.0954. The van der Waals surface area contributed by atoms with Crippen molar-refractivity contribution in [2.75, 3.05) is 19.6 Å². The third kappa shape index (κ3) is 4.44. The Balaban J connectivity index is 1.32. The number of benzene rings is 2. The van der Waals surface area contributed by atoms with Gasteiger partial charge in [-0.1, -0.05) is 18.2 Å². The quantitative estimate of drug-likeness (QED) is 0.632. The van der Waals surface area contributed by atoms with Crippen molar-refractivity contribution in [3.8, 4) is 5.69 Å². The number of sulfonamides is 1. The zero-order valence-electron chi connectivity index (χ0n) is 16.6. The van der Waals surface area contributed by atoms with Crippen molar-refractivity contribution in [2.45, 2.75) is 24.2 Å². The van der Waals surface area contributed by atoms with Gasteiger partial charge in [-0.2, -0.15) is 9.40 Å². The Morgan fingerprint density at radius 3 is 2.40 bits per heavy atom. The summed E-state index contributed by atoms with van der Waals surface area (Å²) in [5.74, 6) is -0.226. The van der Waals surface area contributed by atoms with Crippen molar-refractivity contribution in [3.63, 3.8) is 0 Å². The van der Waals surface area contributed by atoms with Crippen LogP contribution in [0.3, 0.4) is 0 Å². The smallest absolute Gasteiger partial charge is 0.251 e. The second kappa shape index (κ2) is 8.81. The number of rotatable bonds is 7. The lowest BCUT2D eigenvalue weighted by atomic mass is 10.2. The normalized spacial score (nSPS) is 14.7. The van der Waals surface area contributed by atoms with Crippen LogP contribution in [0.2, 0.25) is 0 Å². The van der Waals surface area contributed by atoms with Gasteiger partial charge < -0.3 is 5.32 Å². The van der Waals surface area contributed by atoms with E-state index in [1.165, 1.54) is 16.4 Å². The van der Waals surface area contributed by atoms with Gasteiger partial charge in [0.15, 0.2) is 0 Å². The number of hydrogen-bond donors (Lipinski definition) is 1. The Kier molecular flexibility index (Phi) is 5.96. The number of hydrogen-bond acceptors (Lipinski definition) is 4. The highest BCUT2D eigenvalue weighted by Gasteiger charge is 2.27. The van der Waals surface area contributed by atoms with E-state index in [1.807, 2.05) is 36.5 Å². The molecule has 3 aromatic rings. The topological polar surface area (TPSA) is 84.3 Å². The van der Waals surface area contributed by atoms with Gasteiger partial charge in [-0.15, -0.1) is 0 Å². The molecule has 1 N–H and O–H groups in total. The SMILES string of the molecule is O=C(NCCc1cnn(-c2ccccc2)c1)c1ccc(S(=O)(=O)N2CCCC2)cc1. The molecule has 1 saturated heterocycles. The molecule has 0 bridgehead atoms. The summed E-state index contributed by atoms with van der Waals surface area (Å²) in [4.78, 5) is 12.6. The van der Waals surface area contributed by atoms with Crippen LogP contribution in [-0.4, -0.2) is 48.0 Å². The molecule has 156 valence electrons. The number of amides is 1. The molecule has 1 aliphatic heterocycles. The van der Waals surface area contributed by atoms with Gasteiger partial charge >= 0.3 is 0 Å². The second-order valence-corrected chi connectivity index (χ2v) is 9.21. The summed E-state index contributed by atoms with van der Waals surface area (Å²) in [5, 5.41) is 7.22. The number of nitrogens with one attached hydrogen (secondary N) is 1. The summed E-state index contributed by atoms with van der Waals surface area (Å²) in [6.45, 7) is 1.59. The van der Waals surface area contributed by atoms with E-state index in [0.29, 0.717) is 31.6 Å². The molecule has 1 aliphatic rings. The Morgan fingerprint density at radius 1 is 1.00 bits per heavy atom. The van der Waals surface area contributed by atoms with E-state index in [4.69, 9.17) is 0 Å². The molecule has 0 saturated carbocycles. The summed E-state index contributed by atoms with van der Waals surface area (Å²) >= 11 is 0. The van der Waals surface area contributed by atoms with E-state index in [1.54, 1.807) is 23.0 Å². The maximum Gasteiger partial charge on any atom is 0.251 e. The number of nitrogens with zero attached hydrogens (tertiary/aromatic N) is 3. The minimum Gasteiger partial charge on any atom is -0.352 e. The minimum absolute atomic E-state index is 0.226. The molecule has 0 atom stereocenters. The molecule has 1 amide bonds. The number of para-hydroxylation sites is 1. The molecule has 2 heterocycles. The van der Waals surface area contributed by atoms with Gasteiger partial charge in [0.2, 0.25) is 10.0 Å². The van der Waals surface area contributed by atoms with E-state index in [9.17, 15) is 13.2 Å². The van der Waals surface area contributed by atoms with Gasteiger partial charge in [-0.3, -0.25) is 4.79 Å². The Hall–Kier alpha value is -2.97. The number of carbonyl (C=O) groups excluding carboxylic acids is 1. The molecule has 0 spiro atoms. The summed E-state index contributed by atoms with van der Waals surface area (Å²) in [7, 11) is -3.46. The summed E-state index contributed by atoms with van der Waals surface area (Å²) in [5.41, 5.74) is 2.44. The fourth-order valence-electron chi connectivity index (χ4n) is 3.49.